The lowest BCUT2D eigenvalue weighted by molar-refractivity contribution is 0.0521. The number of hydrogen-bond acceptors (Lipinski definition) is 6. The van der Waals surface area contributed by atoms with E-state index in [0.717, 1.165) is 5.56 Å². The van der Waals surface area contributed by atoms with Crippen LogP contribution in [-0.2, 0) is 16.1 Å². The van der Waals surface area contributed by atoms with Gasteiger partial charge in [-0.05, 0) is 12.5 Å². The molecule has 0 saturated heterocycles. The van der Waals surface area contributed by atoms with Gasteiger partial charge in [0.2, 0.25) is 5.88 Å². The topological polar surface area (TPSA) is 103 Å². The molecule has 0 saturated carbocycles. The molecule has 24 heavy (non-hydrogen) atoms. The highest BCUT2D eigenvalue weighted by Crippen LogP contribution is 2.14. The number of rotatable bonds is 8. The molecule has 1 aromatic heterocycles. The molecule has 1 amide bonds. The predicted octanol–water partition coefficient (Wildman–Crippen LogP) is 1.89. The monoisotopic (exact) mass is 333 g/mol. The average molecular weight is 333 g/mol. The van der Waals surface area contributed by atoms with E-state index in [9.17, 15) is 9.59 Å². The lowest BCUT2D eigenvalue weighted by atomic mass is 10.2. The molecule has 0 atom stereocenters. The van der Waals surface area contributed by atoms with E-state index in [-0.39, 0.29) is 37.8 Å². The van der Waals surface area contributed by atoms with E-state index in [1.54, 1.807) is 6.92 Å². The van der Waals surface area contributed by atoms with Crippen LogP contribution in [-0.4, -0.2) is 42.0 Å². The van der Waals surface area contributed by atoms with E-state index >= 15 is 0 Å². The third-order valence-electron chi connectivity index (χ3n) is 2.93. The van der Waals surface area contributed by atoms with Gasteiger partial charge >= 0.3 is 12.1 Å². The molecule has 0 spiro atoms. The Kier molecular flexibility index (Phi) is 6.63. The summed E-state index contributed by atoms with van der Waals surface area (Å²) in [5.74, 6) is -0.315. The molecule has 0 aliphatic rings. The second-order valence-electron chi connectivity index (χ2n) is 4.67. The van der Waals surface area contributed by atoms with Crippen LogP contribution >= 0.6 is 0 Å². The summed E-state index contributed by atoms with van der Waals surface area (Å²) in [6, 6.07) is 9.37. The number of nitrogens with zero attached hydrogens (tertiary/aromatic N) is 1. The Morgan fingerprint density at radius 3 is 2.75 bits per heavy atom. The van der Waals surface area contributed by atoms with Gasteiger partial charge in [0.15, 0.2) is 0 Å². The third kappa shape index (κ3) is 5.31. The quantitative estimate of drug-likeness (QED) is 0.565. The smallest absolute Gasteiger partial charge is 0.407 e. The second kappa shape index (κ2) is 9.19. The molecular weight excluding hydrogens is 314 g/mol. The summed E-state index contributed by atoms with van der Waals surface area (Å²) in [4.78, 5) is 23.2. The van der Waals surface area contributed by atoms with Gasteiger partial charge in [0.05, 0.1) is 19.3 Å². The van der Waals surface area contributed by atoms with Gasteiger partial charge in [-0.1, -0.05) is 30.3 Å². The van der Waals surface area contributed by atoms with Gasteiger partial charge in [-0.25, -0.2) is 14.7 Å². The van der Waals surface area contributed by atoms with E-state index < -0.39 is 12.1 Å². The van der Waals surface area contributed by atoms with Crippen LogP contribution in [0.2, 0.25) is 0 Å². The van der Waals surface area contributed by atoms with Crippen LogP contribution in [0.15, 0.2) is 36.5 Å². The lowest BCUT2D eigenvalue weighted by Crippen LogP contribution is -2.28. The number of ether oxygens (including phenoxy) is 3. The zero-order valence-electron chi connectivity index (χ0n) is 13.3. The molecule has 0 aliphatic heterocycles. The molecule has 2 aromatic rings. The SMILES string of the molecule is CCOC(=O)c1cn[nH]c1OCCNC(=O)OCc1ccccc1. The van der Waals surface area contributed by atoms with Crippen LogP contribution in [0, 0.1) is 0 Å². The fourth-order valence-electron chi connectivity index (χ4n) is 1.82. The Balaban J connectivity index is 1.67. The van der Waals surface area contributed by atoms with E-state index in [2.05, 4.69) is 15.5 Å². The molecule has 1 aromatic carbocycles. The van der Waals surface area contributed by atoms with Crippen LogP contribution in [0.1, 0.15) is 22.8 Å². The molecule has 8 nitrogen and oxygen atoms in total. The van der Waals surface area contributed by atoms with Crippen molar-refractivity contribution in [2.45, 2.75) is 13.5 Å². The number of esters is 1. The molecule has 0 radical (unpaired) electrons. The minimum atomic E-state index is -0.544. The fourth-order valence-corrected chi connectivity index (χ4v) is 1.82. The zero-order valence-corrected chi connectivity index (χ0v) is 13.3. The molecule has 1 heterocycles. The van der Waals surface area contributed by atoms with Gasteiger partial charge in [0.25, 0.3) is 0 Å². The van der Waals surface area contributed by atoms with Crippen molar-refractivity contribution in [3.05, 3.63) is 47.7 Å². The van der Waals surface area contributed by atoms with Gasteiger partial charge in [0.1, 0.15) is 18.8 Å². The molecule has 0 unspecified atom stereocenters. The number of hydrogen-bond donors (Lipinski definition) is 2. The molecule has 0 aliphatic carbocycles. The number of aromatic nitrogens is 2. The standard InChI is InChI=1S/C16H19N3O5/c1-2-22-15(20)13-10-18-19-14(13)23-9-8-17-16(21)24-11-12-6-4-3-5-7-12/h3-7,10H,2,8-9,11H2,1H3,(H,17,21)(H,18,19). The molecule has 8 heteroatoms. The molecule has 128 valence electrons. The number of amides is 1. The number of carbonyl (C=O) groups excluding carboxylic acids is 2. The maximum Gasteiger partial charge on any atom is 0.407 e. The van der Waals surface area contributed by atoms with E-state index in [1.165, 1.54) is 6.20 Å². The lowest BCUT2D eigenvalue weighted by Gasteiger charge is -2.08. The van der Waals surface area contributed by atoms with Crippen molar-refractivity contribution < 1.29 is 23.8 Å². The van der Waals surface area contributed by atoms with Crippen molar-refractivity contribution in [3.63, 3.8) is 0 Å². The molecule has 2 rings (SSSR count). The maximum atomic E-state index is 11.6. The highest BCUT2D eigenvalue weighted by molar-refractivity contribution is 5.91. The van der Waals surface area contributed by atoms with Gasteiger partial charge < -0.3 is 19.5 Å². The van der Waals surface area contributed by atoms with Crippen LogP contribution in [0.4, 0.5) is 4.79 Å². The number of nitrogens with one attached hydrogen (secondary N) is 2. The van der Waals surface area contributed by atoms with Gasteiger partial charge in [-0.3, -0.25) is 0 Å². The first-order chi connectivity index (χ1) is 11.7. The normalized spacial score (nSPS) is 10.0. The Morgan fingerprint density at radius 1 is 1.21 bits per heavy atom. The van der Waals surface area contributed by atoms with Gasteiger partial charge in [-0.15, -0.1) is 0 Å². The minimum absolute atomic E-state index is 0.148. The summed E-state index contributed by atoms with van der Waals surface area (Å²) in [5.41, 5.74) is 1.11. The summed E-state index contributed by atoms with van der Waals surface area (Å²) < 4.78 is 15.3. The molecule has 0 fully saturated rings. The first kappa shape index (κ1) is 17.3. The summed E-state index contributed by atoms with van der Waals surface area (Å²) in [7, 11) is 0. The average Bonchev–Trinajstić information content (AvgIpc) is 3.07. The van der Waals surface area contributed by atoms with Crippen molar-refractivity contribution in [1.29, 1.82) is 0 Å². The Labute approximate surface area is 139 Å². The first-order valence-electron chi connectivity index (χ1n) is 7.48. The first-order valence-corrected chi connectivity index (χ1v) is 7.48. The summed E-state index contributed by atoms with van der Waals surface area (Å²) in [5, 5.41) is 8.85. The zero-order chi connectivity index (χ0) is 17.2. The third-order valence-corrected chi connectivity index (χ3v) is 2.93. The van der Waals surface area contributed by atoms with Crippen LogP contribution in [0.25, 0.3) is 0 Å². The Hall–Kier alpha value is -3.03. The Morgan fingerprint density at radius 2 is 2.00 bits per heavy atom. The van der Waals surface area contributed by atoms with Crippen molar-refractivity contribution in [3.8, 4) is 5.88 Å². The highest BCUT2D eigenvalue weighted by atomic mass is 16.6. The number of benzene rings is 1. The summed E-state index contributed by atoms with van der Waals surface area (Å²) in [6.07, 6.45) is 0.784. The van der Waals surface area contributed by atoms with E-state index in [4.69, 9.17) is 14.2 Å². The number of alkyl carbamates (subject to hydrolysis) is 1. The number of aromatic amines is 1. The fraction of sp³-hybridized carbons (Fsp3) is 0.312. The summed E-state index contributed by atoms with van der Waals surface area (Å²) in [6.45, 7) is 2.53. The van der Waals surface area contributed by atoms with Crippen molar-refractivity contribution in [2.24, 2.45) is 0 Å². The van der Waals surface area contributed by atoms with Crippen LogP contribution in [0.5, 0.6) is 5.88 Å². The van der Waals surface area contributed by atoms with Gasteiger partial charge in [-0.2, -0.15) is 5.10 Å². The maximum absolute atomic E-state index is 11.6. The van der Waals surface area contributed by atoms with Crippen LogP contribution in [0.3, 0.4) is 0 Å². The van der Waals surface area contributed by atoms with E-state index in [1.807, 2.05) is 30.3 Å². The number of H-pyrrole nitrogens is 1. The highest BCUT2D eigenvalue weighted by Gasteiger charge is 2.16. The second-order valence-corrected chi connectivity index (χ2v) is 4.67. The predicted molar refractivity (Wildman–Crippen MR) is 84.7 cm³/mol. The minimum Gasteiger partial charge on any atom is -0.475 e. The molecular formula is C16H19N3O5. The van der Waals surface area contributed by atoms with Crippen LogP contribution < -0.4 is 10.1 Å². The largest absolute Gasteiger partial charge is 0.475 e. The van der Waals surface area contributed by atoms with E-state index in [0.29, 0.717) is 0 Å². The number of carbonyl (C=O) groups is 2. The summed E-state index contributed by atoms with van der Waals surface area (Å²) >= 11 is 0. The van der Waals surface area contributed by atoms with Crippen molar-refractivity contribution in [1.82, 2.24) is 15.5 Å². The van der Waals surface area contributed by atoms with Gasteiger partial charge in [0, 0.05) is 0 Å². The molecule has 2 N–H and O–H groups in total. The van der Waals surface area contributed by atoms with Crippen molar-refractivity contribution >= 4 is 12.1 Å². The molecule has 0 bridgehead atoms. The van der Waals surface area contributed by atoms with Crippen molar-refractivity contribution in [2.75, 3.05) is 19.8 Å². The Bertz CT molecular complexity index is 657.